The van der Waals surface area contributed by atoms with E-state index >= 15 is 0 Å². The first-order valence-corrected chi connectivity index (χ1v) is 12.3. The lowest BCUT2D eigenvalue weighted by atomic mass is 9.99. The Morgan fingerprint density at radius 1 is 1.00 bits per heavy atom. The van der Waals surface area contributed by atoms with Gasteiger partial charge in [-0.05, 0) is 60.5 Å². The summed E-state index contributed by atoms with van der Waals surface area (Å²) >= 11 is 0. The quantitative estimate of drug-likeness (QED) is 0.338. The second kappa shape index (κ2) is 8.74. The monoisotopic (exact) mass is 506 g/mol. The van der Waals surface area contributed by atoms with E-state index in [9.17, 15) is 22.4 Å². The molecule has 0 fully saturated rings. The molecule has 8 nitrogen and oxygen atoms in total. The maximum absolute atomic E-state index is 13.4. The number of primary sulfonamides is 1. The van der Waals surface area contributed by atoms with E-state index in [0.717, 1.165) is 16.5 Å². The van der Waals surface area contributed by atoms with Gasteiger partial charge in [-0.2, -0.15) is 0 Å². The van der Waals surface area contributed by atoms with Gasteiger partial charge in [-0.15, -0.1) is 0 Å². The number of aryl methyl sites for hydroxylation is 1. The van der Waals surface area contributed by atoms with Gasteiger partial charge in [-0.1, -0.05) is 12.1 Å². The molecule has 10 heteroatoms. The SMILES string of the molecule is Cc1c(CC(=O)Nc2ccc(S(N)(=O)=O)cc2)c(=O)oc2cc3occ(-c4ccc(F)cc4)c3cc12. The second-order valence-corrected chi connectivity index (χ2v) is 9.85. The van der Waals surface area contributed by atoms with Gasteiger partial charge in [-0.25, -0.2) is 22.7 Å². The van der Waals surface area contributed by atoms with Crippen molar-refractivity contribution < 1.29 is 26.4 Å². The first-order chi connectivity index (χ1) is 17.1. The van der Waals surface area contributed by atoms with Crippen LogP contribution in [0.25, 0.3) is 33.1 Å². The Kier molecular flexibility index (Phi) is 5.70. The summed E-state index contributed by atoms with van der Waals surface area (Å²) in [6, 6.07) is 14.8. The molecule has 2 heterocycles. The van der Waals surface area contributed by atoms with E-state index in [-0.39, 0.29) is 22.7 Å². The summed E-state index contributed by atoms with van der Waals surface area (Å²) in [5.74, 6) is -0.831. The average Bonchev–Trinajstić information content (AvgIpc) is 3.24. The lowest BCUT2D eigenvalue weighted by Gasteiger charge is -2.09. The molecule has 0 aliphatic carbocycles. The van der Waals surface area contributed by atoms with Crippen LogP contribution in [0.15, 0.2) is 85.5 Å². The zero-order valence-corrected chi connectivity index (χ0v) is 19.7. The molecule has 0 aliphatic rings. The number of hydrogen-bond donors (Lipinski definition) is 2. The van der Waals surface area contributed by atoms with E-state index in [2.05, 4.69) is 5.32 Å². The maximum Gasteiger partial charge on any atom is 0.340 e. The number of hydrogen-bond acceptors (Lipinski definition) is 6. The summed E-state index contributed by atoms with van der Waals surface area (Å²) in [6.45, 7) is 1.73. The fourth-order valence-corrected chi connectivity index (χ4v) is 4.58. The molecule has 36 heavy (non-hydrogen) atoms. The Labute approximate surface area is 204 Å². The molecule has 0 atom stereocenters. The number of benzene rings is 3. The Morgan fingerprint density at radius 2 is 1.69 bits per heavy atom. The van der Waals surface area contributed by atoms with Gasteiger partial charge in [0.05, 0.1) is 23.1 Å². The molecule has 3 N–H and O–H groups in total. The molecule has 0 unspecified atom stereocenters. The highest BCUT2D eigenvalue weighted by Gasteiger charge is 2.18. The first-order valence-electron chi connectivity index (χ1n) is 10.8. The van der Waals surface area contributed by atoms with E-state index < -0.39 is 21.6 Å². The van der Waals surface area contributed by atoms with Gasteiger partial charge in [0, 0.05) is 28.1 Å². The molecule has 0 bridgehead atoms. The average molecular weight is 507 g/mol. The third-order valence-electron chi connectivity index (χ3n) is 5.94. The molecule has 0 aliphatic heterocycles. The van der Waals surface area contributed by atoms with Gasteiger partial charge < -0.3 is 14.2 Å². The van der Waals surface area contributed by atoms with Crippen molar-refractivity contribution in [3.8, 4) is 11.1 Å². The fourth-order valence-electron chi connectivity index (χ4n) is 4.06. The molecule has 182 valence electrons. The lowest BCUT2D eigenvalue weighted by Crippen LogP contribution is -2.20. The van der Waals surface area contributed by atoms with Crippen LogP contribution in [0.1, 0.15) is 11.1 Å². The van der Waals surface area contributed by atoms with Gasteiger partial charge in [-0.3, -0.25) is 4.79 Å². The van der Waals surface area contributed by atoms with Crippen LogP contribution in [-0.2, 0) is 21.2 Å². The van der Waals surface area contributed by atoms with Crippen LogP contribution in [0.2, 0.25) is 0 Å². The number of nitrogens with two attached hydrogens (primary N) is 1. The molecular weight excluding hydrogens is 487 g/mol. The Morgan fingerprint density at radius 3 is 2.36 bits per heavy atom. The largest absolute Gasteiger partial charge is 0.464 e. The van der Waals surface area contributed by atoms with Gasteiger partial charge in [0.15, 0.2) is 0 Å². The molecular formula is C26H19FN2O6S. The summed E-state index contributed by atoms with van der Waals surface area (Å²) in [4.78, 5) is 25.3. The summed E-state index contributed by atoms with van der Waals surface area (Å²) in [5, 5.41) is 9.09. The summed E-state index contributed by atoms with van der Waals surface area (Å²) in [5.41, 5.74) is 2.79. The number of furan rings is 1. The maximum atomic E-state index is 13.4. The van der Waals surface area contributed by atoms with E-state index in [1.165, 1.54) is 36.4 Å². The normalized spacial score (nSPS) is 11.8. The van der Waals surface area contributed by atoms with Crippen molar-refractivity contribution in [1.82, 2.24) is 0 Å². The molecule has 1 amide bonds. The van der Waals surface area contributed by atoms with Gasteiger partial charge >= 0.3 is 5.63 Å². The number of nitrogens with one attached hydrogen (secondary N) is 1. The number of sulfonamides is 1. The zero-order chi connectivity index (χ0) is 25.6. The molecule has 5 rings (SSSR count). The Bertz CT molecular complexity index is 1800. The van der Waals surface area contributed by atoms with E-state index in [1.54, 1.807) is 31.4 Å². The molecule has 2 aromatic heterocycles. The number of anilines is 1. The number of amides is 1. The highest BCUT2D eigenvalue weighted by atomic mass is 32.2. The minimum Gasteiger partial charge on any atom is -0.464 e. The summed E-state index contributed by atoms with van der Waals surface area (Å²) < 4.78 is 47.3. The number of carbonyl (C=O) groups excluding carboxylic acids is 1. The summed E-state index contributed by atoms with van der Waals surface area (Å²) in [6.07, 6.45) is 1.30. The third-order valence-corrected chi connectivity index (χ3v) is 6.87. The summed E-state index contributed by atoms with van der Waals surface area (Å²) in [7, 11) is -3.85. The van der Waals surface area contributed by atoms with Crippen molar-refractivity contribution in [1.29, 1.82) is 0 Å². The molecule has 5 aromatic rings. The predicted octanol–water partition coefficient (Wildman–Crippen LogP) is 4.48. The van der Waals surface area contributed by atoms with Crippen molar-refractivity contribution in [2.45, 2.75) is 18.2 Å². The smallest absolute Gasteiger partial charge is 0.340 e. The van der Waals surface area contributed by atoms with Gasteiger partial charge in [0.25, 0.3) is 0 Å². The van der Waals surface area contributed by atoms with Crippen LogP contribution in [0.5, 0.6) is 0 Å². The number of halogens is 1. The second-order valence-electron chi connectivity index (χ2n) is 8.29. The standard InChI is InChI=1S/C26H19FN2O6S/c1-14-19-10-21-22(15-2-4-16(27)5-3-15)13-34-23(21)12-24(19)35-26(31)20(14)11-25(30)29-17-6-8-18(9-7-17)36(28,32)33/h2-10,12-13H,11H2,1H3,(H,29,30)(H2,28,32,33). The number of carbonyl (C=O) groups is 1. The zero-order valence-electron chi connectivity index (χ0n) is 18.9. The van der Waals surface area contributed by atoms with E-state index in [4.69, 9.17) is 14.0 Å². The first kappa shape index (κ1) is 23.5. The van der Waals surface area contributed by atoms with E-state index in [0.29, 0.717) is 27.8 Å². The van der Waals surface area contributed by atoms with Crippen LogP contribution < -0.4 is 16.1 Å². The number of fused-ring (bicyclic) bond motifs is 2. The Hall–Kier alpha value is -4.28. The minimum absolute atomic E-state index is 0.0860. The van der Waals surface area contributed by atoms with Gasteiger partial charge in [0.2, 0.25) is 15.9 Å². The van der Waals surface area contributed by atoms with Crippen molar-refractivity contribution in [2.75, 3.05) is 5.32 Å². The topological polar surface area (TPSA) is 133 Å². The predicted molar refractivity (Wildman–Crippen MR) is 133 cm³/mol. The fraction of sp³-hybridized carbons (Fsp3) is 0.0769. The van der Waals surface area contributed by atoms with Crippen LogP contribution in [0.4, 0.5) is 10.1 Å². The third kappa shape index (κ3) is 4.39. The van der Waals surface area contributed by atoms with Crippen molar-refractivity contribution in [3.05, 3.63) is 94.3 Å². The minimum atomic E-state index is -3.85. The number of rotatable bonds is 5. The highest BCUT2D eigenvalue weighted by molar-refractivity contribution is 7.89. The van der Waals surface area contributed by atoms with Gasteiger partial charge in [0.1, 0.15) is 17.0 Å². The van der Waals surface area contributed by atoms with Crippen LogP contribution in [0, 0.1) is 12.7 Å². The molecule has 0 radical (unpaired) electrons. The van der Waals surface area contributed by atoms with Crippen molar-refractivity contribution >= 4 is 43.6 Å². The van der Waals surface area contributed by atoms with Crippen molar-refractivity contribution in [3.63, 3.8) is 0 Å². The lowest BCUT2D eigenvalue weighted by molar-refractivity contribution is -0.115. The van der Waals surface area contributed by atoms with Crippen LogP contribution in [0.3, 0.4) is 0 Å². The molecule has 3 aromatic carbocycles. The van der Waals surface area contributed by atoms with Crippen LogP contribution >= 0.6 is 0 Å². The highest BCUT2D eigenvalue weighted by Crippen LogP contribution is 2.34. The molecule has 0 spiro atoms. The van der Waals surface area contributed by atoms with Crippen LogP contribution in [-0.4, -0.2) is 14.3 Å². The van der Waals surface area contributed by atoms with Crippen molar-refractivity contribution in [2.24, 2.45) is 5.14 Å². The Balaban J connectivity index is 1.48. The molecule has 0 saturated heterocycles. The van der Waals surface area contributed by atoms with E-state index in [1.807, 2.05) is 6.07 Å². The molecule has 0 saturated carbocycles.